The van der Waals surface area contributed by atoms with Gasteiger partial charge in [-0.15, -0.1) is 0 Å². The van der Waals surface area contributed by atoms with Crippen LogP contribution in [0, 0.1) is 0 Å². The van der Waals surface area contributed by atoms with Gasteiger partial charge in [-0.05, 0) is 53.9 Å². The van der Waals surface area contributed by atoms with Crippen LogP contribution in [0.4, 0.5) is 8.78 Å². The molecule has 168 valence electrons. The average Bonchev–Trinajstić information content (AvgIpc) is 3.31. The van der Waals surface area contributed by atoms with Crippen molar-refractivity contribution >= 4 is 0 Å². The van der Waals surface area contributed by atoms with Gasteiger partial charge in [-0.3, -0.25) is 0 Å². The quantitative estimate of drug-likeness (QED) is 0.309. The van der Waals surface area contributed by atoms with Crippen LogP contribution in [0.2, 0.25) is 0 Å². The maximum atomic E-state index is 13.5. The summed E-state index contributed by atoms with van der Waals surface area (Å²) in [5.41, 5.74) is 3.13. The lowest BCUT2D eigenvalue weighted by atomic mass is 9.98. The Morgan fingerprint density at radius 1 is 0.909 bits per heavy atom. The SMILES string of the molecule is CCCc1ccc(Oc2ccc(-c3nc(-c4ccc(C5OCC5(F)F)cc4)no3)cc2)cc1. The van der Waals surface area contributed by atoms with Gasteiger partial charge in [-0.1, -0.05) is 54.9 Å². The van der Waals surface area contributed by atoms with Crippen molar-refractivity contribution in [2.24, 2.45) is 0 Å². The Morgan fingerprint density at radius 3 is 2.12 bits per heavy atom. The first kappa shape index (κ1) is 21.3. The molecular weight excluding hydrogens is 426 g/mol. The Bertz CT molecular complexity index is 1220. The van der Waals surface area contributed by atoms with Crippen LogP contribution in [0.3, 0.4) is 0 Å². The molecular formula is C26H22F2N2O3. The van der Waals surface area contributed by atoms with Crippen LogP contribution < -0.4 is 4.74 Å². The lowest BCUT2D eigenvalue weighted by molar-refractivity contribution is -0.268. The smallest absolute Gasteiger partial charge is 0.300 e. The standard InChI is InChI=1S/C26H22F2N2O3/c1-2-3-17-4-12-21(13-5-17)32-22-14-10-20(11-15-22)25-29-24(30-33-25)19-8-6-18(7-9-19)23-26(27,28)16-31-23/h4-15,23H,2-3,16H2,1H3. The summed E-state index contributed by atoms with van der Waals surface area (Å²) >= 11 is 0. The summed E-state index contributed by atoms with van der Waals surface area (Å²) in [6.07, 6.45) is 0.969. The van der Waals surface area contributed by atoms with E-state index in [9.17, 15) is 8.78 Å². The van der Waals surface area contributed by atoms with Gasteiger partial charge in [0.25, 0.3) is 5.89 Å². The topological polar surface area (TPSA) is 57.4 Å². The third kappa shape index (κ3) is 4.50. The molecule has 5 rings (SSSR count). The number of nitrogens with zero attached hydrogens (tertiary/aromatic N) is 2. The summed E-state index contributed by atoms with van der Waals surface area (Å²) in [6.45, 7) is 1.62. The van der Waals surface area contributed by atoms with Crippen LogP contribution in [0.15, 0.2) is 77.3 Å². The summed E-state index contributed by atoms with van der Waals surface area (Å²) in [4.78, 5) is 4.43. The molecule has 33 heavy (non-hydrogen) atoms. The molecule has 1 unspecified atom stereocenters. The molecule has 0 radical (unpaired) electrons. The molecule has 5 nitrogen and oxygen atoms in total. The molecule has 0 spiro atoms. The van der Waals surface area contributed by atoms with Gasteiger partial charge in [0.05, 0.1) is 0 Å². The number of hydrogen-bond acceptors (Lipinski definition) is 5. The van der Waals surface area contributed by atoms with E-state index >= 15 is 0 Å². The zero-order valence-electron chi connectivity index (χ0n) is 18.0. The zero-order chi connectivity index (χ0) is 22.8. The number of aromatic nitrogens is 2. The highest BCUT2D eigenvalue weighted by atomic mass is 19.3. The zero-order valence-corrected chi connectivity index (χ0v) is 18.0. The minimum absolute atomic E-state index is 0.360. The summed E-state index contributed by atoms with van der Waals surface area (Å²) < 4.78 is 43.3. The summed E-state index contributed by atoms with van der Waals surface area (Å²) in [6, 6.07) is 22.0. The average molecular weight is 448 g/mol. The molecule has 0 saturated carbocycles. The lowest BCUT2D eigenvalue weighted by Gasteiger charge is -2.36. The van der Waals surface area contributed by atoms with Gasteiger partial charge < -0.3 is 14.0 Å². The summed E-state index contributed by atoms with van der Waals surface area (Å²) in [7, 11) is 0. The number of aryl methyl sites for hydroxylation is 1. The van der Waals surface area contributed by atoms with Gasteiger partial charge in [0, 0.05) is 11.1 Å². The van der Waals surface area contributed by atoms with Crippen molar-refractivity contribution in [1.82, 2.24) is 10.1 Å². The van der Waals surface area contributed by atoms with Gasteiger partial charge in [0.1, 0.15) is 24.2 Å². The van der Waals surface area contributed by atoms with Crippen molar-refractivity contribution in [3.05, 3.63) is 83.9 Å². The molecule has 0 aliphatic carbocycles. The first-order valence-corrected chi connectivity index (χ1v) is 10.8. The fourth-order valence-corrected chi connectivity index (χ4v) is 3.71. The van der Waals surface area contributed by atoms with Crippen LogP contribution in [0.5, 0.6) is 11.5 Å². The maximum absolute atomic E-state index is 13.5. The van der Waals surface area contributed by atoms with Crippen molar-refractivity contribution in [2.45, 2.75) is 31.8 Å². The Morgan fingerprint density at radius 2 is 1.55 bits per heavy atom. The molecule has 2 heterocycles. The molecule has 1 atom stereocenters. The minimum Gasteiger partial charge on any atom is -0.457 e. The van der Waals surface area contributed by atoms with E-state index in [0.717, 1.165) is 24.2 Å². The van der Waals surface area contributed by atoms with E-state index in [-0.39, 0.29) is 0 Å². The molecule has 4 aromatic rings. The lowest BCUT2D eigenvalue weighted by Crippen LogP contribution is -2.44. The summed E-state index contributed by atoms with van der Waals surface area (Å²) in [5.74, 6) is -0.609. The van der Waals surface area contributed by atoms with Crippen molar-refractivity contribution < 1.29 is 22.8 Å². The van der Waals surface area contributed by atoms with Gasteiger partial charge in [-0.25, -0.2) is 8.78 Å². The Kier molecular flexibility index (Phi) is 5.64. The predicted molar refractivity (Wildman–Crippen MR) is 119 cm³/mol. The summed E-state index contributed by atoms with van der Waals surface area (Å²) in [5, 5.41) is 4.02. The van der Waals surface area contributed by atoms with Crippen LogP contribution in [0.1, 0.15) is 30.6 Å². The van der Waals surface area contributed by atoms with Gasteiger partial charge >= 0.3 is 5.92 Å². The third-order valence-corrected chi connectivity index (χ3v) is 5.52. The molecule has 0 N–H and O–H groups in total. The van der Waals surface area contributed by atoms with E-state index in [1.165, 1.54) is 5.56 Å². The molecule has 1 aliphatic rings. The van der Waals surface area contributed by atoms with E-state index in [4.69, 9.17) is 14.0 Å². The van der Waals surface area contributed by atoms with Crippen LogP contribution in [0.25, 0.3) is 22.8 Å². The number of benzene rings is 3. The maximum Gasteiger partial charge on any atom is 0.300 e. The minimum atomic E-state index is -2.82. The van der Waals surface area contributed by atoms with E-state index in [1.54, 1.807) is 24.3 Å². The highest BCUT2D eigenvalue weighted by Gasteiger charge is 2.51. The Balaban J connectivity index is 1.26. The molecule has 1 saturated heterocycles. The highest BCUT2D eigenvalue weighted by Crippen LogP contribution is 2.43. The second-order valence-electron chi connectivity index (χ2n) is 8.02. The van der Waals surface area contributed by atoms with Crippen molar-refractivity contribution in [3.8, 4) is 34.3 Å². The predicted octanol–water partition coefficient (Wildman–Crippen LogP) is 6.86. The first-order valence-electron chi connectivity index (χ1n) is 10.8. The molecule has 0 amide bonds. The second kappa shape index (κ2) is 8.75. The van der Waals surface area contributed by atoms with E-state index in [1.807, 2.05) is 36.4 Å². The Labute approximate surface area is 190 Å². The largest absolute Gasteiger partial charge is 0.457 e. The third-order valence-electron chi connectivity index (χ3n) is 5.52. The number of halogens is 2. The van der Waals surface area contributed by atoms with Crippen LogP contribution in [-0.2, 0) is 11.2 Å². The number of hydrogen-bond donors (Lipinski definition) is 0. The number of rotatable bonds is 7. The van der Waals surface area contributed by atoms with Crippen molar-refractivity contribution in [1.29, 1.82) is 0 Å². The van der Waals surface area contributed by atoms with Crippen molar-refractivity contribution in [2.75, 3.05) is 6.61 Å². The fraction of sp³-hybridized carbons (Fsp3) is 0.231. The van der Waals surface area contributed by atoms with Gasteiger partial charge in [0.2, 0.25) is 5.82 Å². The second-order valence-corrected chi connectivity index (χ2v) is 8.02. The van der Waals surface area contributed by atoms with E-state index in [2.05, 4.69) is 29.2 Å². The normalized spacial score (nSPS) is 16.9. The fourth-order valence-electron chi connectivity index (χ4n) is 3.71. The van der Waals surface area contributed by atoms with Crippen molar-refractivity contribution in [3.63, 3.8) is 0 Å². The Hall–Kier alpha value is -3.58. The first-order chi connectivity index (χ1) is 16.0. The molecule has 0 bridgehead atoms. The van der Waals surface area contributed by atoms with E-state index < -0.39 is 18.6 Å². The molecule has 3 aromatic carbocycles. The van der Waals surface area contributed by atoms with E-state index in [0.29, 0.717) is 28.6 Å². The number of ether oxygens (including phenoxy) is 2. The van der Waals surface area contributed by atoms with Crippen LogP contribution >= 0.6 is 0 Å². The number of alkyl halides is 2. The monoisotopic (exact) mass is 448 g/mol. The molecule has 1 fully saturated rings. The van der Waals surface area contributed by atoms with Gasteiger partial charge in [0.15, 0.2) is 0 Å². The molecule has 7 heteroatoms. The van der Waals surface area contributed by atoms with Crippen LogP contribution in [-0.4, -0.2) is 22.7 Å². The molecule has 1 aromatic heterocycles. The highest BCUT2D eigenvalue weighted by molar-refractivity contribution is 5.60. The molecule has 1 aliphatic heterocycles. The van der Waals surface area contributed by atoms with Gasteiger partial charge in [-0.2, -0.15) is 4.98 Å².